The largest absolute Gasteiger partial charge is 0.396 e. The molecule has 0 spiro atoms. The van der Waals surface area contributed by atoms with E-state index in [9.17, 15) is 21.6 Å². The fourth-order valence-corrected chi connectivity index (χ4v) is 8.69. The van der Waals surface area contributed by atoms with Gasteiger partial charge in [-0.2, -0.15) is 13.2 Å². The van der Waals surface area contributed by atoms with Gasteiger partial charge in [-0.05, 0) is 63.1 Å². The Labute approximate surface area is 227 Å². The van der Waals surface area contributed by atoms with Crippen molar-refractivity contribution in [1.82, 2.24) is 15.0 Å². The van der Waals surface area contributed by atoms with Crippen molar-refractivity contribution < 1.29 is 26.0 Å². The number of rotatable bonds is 6. The predicted molar refractivity (Wildman–Crippen MR) is 141 cm³/mol. The van der Waals surface area contributed by atoms with Gasteiger partial charge in [-0.3, -0.25) is 0 Å². The van der Waals surface area contributed by atoms with Crippen LogP contribution in [0.1, 0.15) is 50.0 Å². The topological polar surface area (TPSA) is 111 Å². The van der Waals surface area contributed by atoms with Crippen LogP contribution in [0.5, 0.6) is 0 Å². The highest BCUT2D eigenvalue weighted by molar-refractivity contribution is 7.91. The average Bonchev–Trinajstić information content (AvgIpc) is 3.23. The minimum Gasteiger partial charge on any atom is -0.396 e. The van der Waals surface area contributed by atoms with Crippen LogP contribution >= 0.6 is 11.3 Å². The molecule has 13 heteroatoms. The van der Waals surface area contributed by atoms with Crippen LogP contribution in [0.3, 0.4) is 0 Å². The summed E-state index contributed by atoms with van der Waals surface area (Å²) in [6, 6.07) is 6.26. The summed E-state index contributed by atoms with van der Waals surface area (Å²) in [4.78, 5) is 14.2. The Balaban J connectivity index is 1.31. The third-order valence-electron chi connectivity index (χ3n) is 8.50. The molecule has 4 aliphatic rings. The number of nitrogens with one attached hydrogen (secondary N) is 1. The lowest BCUT2D eigenvalue weighted by atomic mass is 9.35. The van der Waals surface area contributed by atoms with E-state index in [-0.39, 0.29) is 41.8 Å². The molecule has 0 atom stereocenters. The lowest BCUT2D eigenvalue weighted by Crippen LogP contribution is -2.70. The summed E-state index contributed by atoms with van der Waals surface area (Å²) in [6.07, 6.45) is 0.947. The Morgan fingerprint density at radius 1 is 1.08 bits per heavy atom. The first-order chi connectivity index (χ1) is 18.3. The molecule has 4 saturated carbocycles. The fourth-order valence-electron chi connectivity index (χ4n) is 6.32. The number of alkyl halides is 3. The summed E-state index contributed by atoms with van der Waals surface area (Å²) in [5.41, 5.74) is 4.40. The molecular formula is C26H27F4N5O2S2. The predicted octanol–water partition coefficient (Wildman–Crippen LogP) is 5.74. The van der Waals surface area contributed by atoms with Crippen LogP contribution < -0.4 is 11.1 Å². The van der Waals surface area contributed by atoms with E-state index in [4.69, 9.17) is 10.7 Å². The lowest BCUT2D eigenvalue weighted by Gasteiger charge is -2.69. The molecule has 3 aromatic rings. The van der Waals surface area contributed by atoms with Crippen LogP contribution in [0.2, 0.25) is 0 Å². The standard InChI is InChI=1S/C26H27F4N5O2S2/c1-39(36,37)15-7-5-14(6-8-15)33-23-32-10-9-18(34-23)21-20(16-3-2-4-17(31)19(16)27)35-22(38-21)24-11-25(12-24,13-24)26(28,29)30/h2-4,9-10,14-15H,5-8,11-13,31H2,1H3,(H,32,33,34). The molecule has 1 aromatic carbocycles. The molecule has 4 aliphatic carbocycles. The number of sulfone groups is 1. The van der Waals surface area contributed by atoms with Crippen molar-refractivity contribution in [3.05, 3.63) is 41.3 Å². The van der Waals surface area contributed by atoms with Gasteiger partial charge in [0.05, 0.1) is 32.6 Å². The SMILES string of the molecule is CS(=O)(=O)C1CCC(Nc2nccc(-c3sc(C45CC(C(F)(F)F)(C4)C5)nc3-c3cccc(N)c3F)n2)CC1. The molecule has 2 aromatic heterocycles. The summed E-state index contributed by atoms with van der Waals surface area (Å²) in [5, 5.41) is 3.48. The van der Waals surface area contributed by atoms with Gasteiger partial charge < -0.3 is 11.1 Å². The first-order valence-electron chi connectivity index (χ1n) is 12.7. The number of thiazole rings is 1. The third kappa shape index (κ3) is 4.37. The van der Waals surface area contributed by atoms with Gasteiger partial charge in [0.1, 0.15) is 14.8 Å². The Hall–Kier alpha value is -2.80. The maximum absolute atomic E-state index is 15.1. The second-order valence-electron chi connectivity index (χ2n) is 11.2. The van der Waals surface area contributed by atoms with Crippen molar-refractivity contribution in [1.29, 1.82) is 0 Å². The minimum absolute atomic E-state index is 0.000409. The van der Waals surface area contributed by atoms with Gasteiger partial charge in [-0.1, -0.05) is 6.07 Å². The number of anilines is 2. The van der Waals surface area contributed by atoms with Crippen molar-refractivity contribution in [2.45, 2.75) is 67.8 Å². The zero-order chi connectivity index (χ0) is 27.8. The molecule has 2 heterocycles. The van der Waals surface area contributed by atoms with Crippen LogP contribution in [0.4, 0.5) is 29.2 Å². The van der Waals surface area contributed by atoms with Gasteiger partial charge in [0.25, 0.3) is 0 Å². The van der Waals surface area contributed by atoms with Crippen molar-refractivity contribution >= 4 is 32.8 Å². The molecule has 0 amide bonds. The molecule has 0 unspecified atom stereocenters. The molecule has 0 aliphatic heterocycles. The molecule has 7 nitrogen and oxygen atoms in total. The highest BCUT2D eigenvalue weighted by atomic mass is 32.2. The minimum atomic E-state index is -4.24. The van der Waals surface area contributed by atoms with Gasteiger partial charge in [-0.15, -0.1) is 11.3 Å². The molecule has 0 radical (unpaired) electrons. The van der Waals surface area contributed by atoms with Gasteiger partial charge in [-0.25, -0.2) is 27.8 Å². The van der Waals surface area contributed by atoms with Crippen LogP contribution in [0.15, 0.2) is 30.5 Å². The average molecular weight is 582 g/mol. The Bertz CT molecular complexity index is 1530. The number of benzene rings is 1. The fraction of sp³-hybridized carbons (Fsp3) is 0.500. The zero-order valence-corrected chi connectivity index (χ0v) is 22.7. The van der Waals surface area contributed by atoms with Crippen LogP contribution in [-0.4, -0.2) is 47.1 Å². The Kier molecular flexibility index (Phi) is 6.00. The number of nitrogens with zero attached hydrogens (tertiary/aromatic N) is 3. The summed E-state index contributed by atoms with van der Waals surface area (Å²) < 4.78 is 79.4. The van der Waals surface area contributed by atoms with Crippen molar-refractivity contribution in [3.8, 4) is 21.8 Å². The van der Waals surface area contributed by atoms with Gasteiger partial charge in [0.2, 0.25) is 5.95 Å². The van der Waals surface area contributed by atoms with Crippen molar-refractivity contribution in [2.75, 3.05) is 17.3 Å². The second-order valence-corrected chi connectivity index (χ2v) is 14.5. The molecule has 4 fully saturated rings. The maximum atomic E-state index is 15.1. The van der Waals surface area contributed by atoms with E-state index >= 15 is 4.39 Å². The van der Waals surface area contributed by atoms with E-state index in [0.717, 1.165) is 0 Å². The molecule has 3 N–H and O–H groups in total. The van der Waals surface area contributed by atoms with E-state index in [2.05, 4.69) is 15.3 Å². The van der Waals surface area contributed by atoms with Crippen LogP contribution in [0, 0.1) is 11.2 Å². The number of hydrogen-bond donors (Lipinski definition) is 2. The van der Waals surface area contributed by atoms with E-state index in [1.807, 2.05) is 0 Å². The number of aromatic nitrogens is 3. The number of hydrogen-bond acceptors (Lipinski definition) is 8. The summed E-state index contributed by atoms with van der Waals surface area (Å²) in [7, 11) is -3.09. The number of halogens is 4. The monoisotopic (exact) mass is 581 g/mol. The van der Waals surface area contributed by atoms with Gasteiger partial charge in [0, 0.05) is 29.5 Å². The third-order valence-corrected chi connectivity index (χ3v) is 11.5. The maximum Gasteiger partial charge on any atom is 0.394 e. The number of nitrogen functional groups attached to an aromatic ring is 1. The molecule has 39 heavy (non-hydrogen) atoms. The first-order valence-corrected chi connectivity index (χ1v) is 15.5. The summed E-state index contributed by atoms with van der Waals surface area (Å²) in [5.74, 6) is -0.305. The molecule has 208 valence electrons. The summed E-state index contributed by atoms with van der Waals surface area (Å²) in [6.45, 7) is 0. The van der Waals surface area contributed by atoms with Crippen molar-refractivity contribution in [3.63, 3.8) is 0 Å². The smallest absolute Gasteiger partial charge is 0.394 e. The van der Waals surface area contributed by atoms with Crippen LogP contribution in [0.25, 0.3) is 21.8 Å². The quantitative estimate of drug-likeness (QED) is 0.282. The molecule has 2 bridgehead atoms. The van der Waals surface area contributed by atoms with E-state index in [1.165, 1.54) is 23.7 Å². The zero-order valence-electron chi connectivity index (χ0n) is 21.1. The van der Waals surface area contributed by atoms with Crippen LogP contribution in [-0.2, 0) is 15.3 Å². The normalized spacial score (nSPS) is 28.4. The first kappa shape index (κ1) is 26.4. The number of nitrogens with two attached hydrogens (primary N) is 1. The highest BCUT2D eigenvalue weighted by Gasteiger charge is 2.79. The van der Waals surface area contributed by atoms with E-state index in [1.54, 1.807) is 24.4 Å². The molecule has 7 rings (SSSR count). The molecular weight excluding hydrogens is 554 g/mol. The second kappa shape index (κ2) is 8.85. The van der Waals surface area contributed by atoms with E-state index < -0.39 is 32.7 Å². The highest BCUT2D eigenvalue weighted by Crippen LogP contribution is 2.79. The van der Waals surface area contributed by atoms with Gasteiger partial charge >= 0.3 is 6.18 Å². The van der Waals surface area contributed by atoms with Crippen molar-refractivity contribution in [2.24, 2.45) is 5.41 Å². The van der Waals surface area contributed by atoms with E-state index in [0.29, 0.717) is 52.9 Å². The Morgan fingerprint density at radius 2 is 1.77 bits per heavy atom. The molecule has 0 saturated heterocycles. The lowest BCUT2D eigenvalue weighted by molar-refractivity contribution is -0.337. The summed E-state index contributed by atoms with van der Waals surface area (Å²) >= 11 is 1.24. The van der Waals surface area contributed by atoms with Gasteiger partial charge in [0.15, 0.2) is 5.82 Å². The Morgan fingerprint density at radius 3 is 2.41 bits per heavy atom.